The Labute approximate surface area is 198 Å². The number of hydrogen-bond donors (Lipinski definition) is 4. The molecule has 0 aliphatic heterocycles. The first kappa shape index (κ1) is 21.8. The van der Waals surface area contributed by atoms with Crippen LogP contribution in [0.1, 0.15) is 10.4 Å². The highest BCUT2D eigenvalue weighted by molar-refractivity contribution is 5.96. The zero-order chi connectivity index (χ0) is 24.5. The number of carbonyl (C=O) groups is 1. The van der Waals surface area contributed by atoms with Crippen molar-refractivity contribution in [2.45, 2.75) is 0 Å². The molecule has 1 heterocycles. The summed E-state index contributed by atoms with van der Waals surface area (Å²) in [4.78, 5) is 14.1. The van der Waals surface area contributed by atoms with Gasteiger partial charge in [-0.05, 0) is 59.2 Å². The predicted molar refractivity (Wildman–Crippen MR) is 130 cm³/mol. The number of phenols is 1. The number of carboxylic acids is 1. The quantitative estimate of drug-likeness (QED) is 0.205. The standard InChI is InChI=1S/C27H18FN3O4/c28-19-10-7-15(8-11-19)16-9-12-21-23(14-16)29-26(33)24(21)31-30-22-6-2-5-20(25(22)32)17-3-1-4-18(13-17)27(34)35/h1-14,29,32-33H,(H,34,35). The highest BCUT2D eigenvalue weighted by Gasteiger charge is 2.14. The summed E-state index contributed by atoms with van der Waals surface area (Å²) in [6.07, 6.45) is 0. The molecule has 172 valence electrons. The lowest BCUT2D eigenvalue weighted by atomic mass is 10.0. The number of hydrogen-bond acceptors (Lipinski definition) is 5. The number of phenolic OH excluding ortho intramolecular Hbond substituents is 1. The molecule has 0 aliphatic rings. The SMILES string of the molecule is O=C(O)c1cccc(-c2cccc(N=Nc3c(O)[nH]c4cc(-c5ccc(F)cc5)ccc34)c2O)c1. The van der Waals surface area contributed by atoms with E-state index in [9.17, 15) is 24.5 Å². The number of halogens is 1. The van der Waals surface area contributed by atoms with Crippen LogP contribution in [0.25, 0.3) is 33.2 Å². The molecule has 8 heteroatoms. The Morgan fingerprint density at radius 1 is 0.800 bits per heavy atom. The lowest BCUT2D eigenvalue weighted by molar-refractivity contribution is 0.0697. The largest absolute Gasteiger partial charge is 0.505 e. The van der Waals surface area contributed by atoms with Crippen molar-refractivity contribution in [3.8, 4) is 33.9 Å². The van der Waals surface area contributed by atoms with Crippen molar-refractivity contribution in [1.29, 1.82) is 0 Å². The van der Waals surface area contributed by atoms with Crippen molar-refractivity contribution < 1.29 is 24.5 Å². The average molecular weight is 467 g/mol. The monoisotopic (exact) mass is 467 g/mol. The third-order valence-electron chi connectivity index (χ3n) is 5.62. The lowest BCUT2D eigenvalue weighted by Crippen LogP contribution is -1.95. The zero-order valence-electron chi connectivity index (χ0n) is 18.1. The van der Waals surface area contributed by atoms with E-state index in [4.69, 9.17) is 0 Å². The maximum Gasteiger partial charge on any atom is 0.335 e. The highest BCUT2D eigenvalue weighted by atomic mass is 19.1. The molecule has 0 atom stereocenters. The average Bonchev–Trinajstić information content (AvgIpc) is 3.18. The Morgan fingerprint density at radius 2 is 1.54 bits per heavy atom. The van der Waals surface area contributed by atoms with Gasteiger partial charge in [-0.15, -0.1) is 10.2 Å². The number of rotatable bonds is 5. The highest BCUT2D eigenvalue weighted by Crippen LogP contribution is 2.41. The minimum atomic E-state index is -1.07. The first-order valence-corrected chi connectivity index (χ1v) is 10.6. The number of aromatic hydroxyl groups is 2. The molecular weight excluding hydrogens is 449 g/mol. The van der Waals surface area contributed by atoms with Crippen molar-refractivity contribution in [1.82, 2.24) is 4.98 Å². The summed E-state index contributed by atoms with van der Waals surface area (Å²) in [5.41, 5.74) is 3.62. The van der Waals surface area contributed by atoms with E-state index in [0.29, 0.717) is 22.0 Å². The number of aromatic amines is 1. The Morgan fingerprint density at radius 3 is 2.31 bits per heavy atom. The molecule has 0 spiro atoms. The van der Waals surface area contributed by atoms with Crippen LogP contribution in [0.4, 0.5) is 15.8 Å². The molecule has 0 saturated heterocycles. The summed E-state index contributed by atoms with van der Waals surface area (Å²) in [6, 6.07) is 22.6. The summed E-state index contributed by atoms with van der Waals surface area (Å²) in [6.45, 7) is 0. The number of aromatic carboxylic acids is 1. The van der Waals surface area contributed by atoms with Crippen LogP contribution in [0.3, 0.4) is 0 Å². The minimum absolute atomic E-state index is 0.0950. The van der Waals surface area contributed by atoms with Gasteiger partial charge in [0.25, 0.3) is 0 Å². The van der Waals surface area contributed by atoms with Crippen LogP contribution < -0.4 is 0 Å². The van der Waals surface area contributed by atoms with Gasteiger partial charge in [-0.25, -0.2) is 9.18 Å². The molecule has 35 heavy (non-hydrogen) atoms. The van der Waals surface area contributed by atoms with Crippen LogP contribution >= 0.6 is 0 Å². The number of H-pyrrole nitrogens is 1. The third kappa shape index (κ3) is 4.20. The van der Waals surface area contributed by atoms with E-state index in [1.54, 1.807) is 48.5 Å². The molecule has 0 radical (unpaired) electrons. The summed E-state index contributed by atoms with van der Waals surface area (Å²) in [5, 5.41) is 39.3. The zero-order valence-corrected chi connectivity index (χ0v) is 18.1. The smallest absolute Gasteiger partial charge is 0.335 e. The fraction of sp³-hybridized carbons (Fsp3) is 0. The molecule has 5 aromatic rings. The van der Waals surface area contributed by atoms with Crippen LogP contribution in [-0.4, -0.2) is 26.3 Å². The summed E-state index contributed by atoms with van der Waals surface area (Å²) >= 11 is 0. The number of nitrogens with one attached hydrogen (secondary N) is 1. The molecule has 0 bridgehead atoms. The number of fused-ring (bicyclic) bond motifs is 1. The molecule has 0 fully saturated rings. The molecule has 0 amide bonds. The third-order valence-corrected chi connectivity index (χ3v) is 5.62. The van der Waals surface area contributed by atoms with Gasteiger partial charge >= 0.3 is 5.97 Å². The van der Waals surface area contributed by atoms with Gasteiger partial charge in [0.05, 0.1) is 11.1 Å². The molecular formula is C27H18FN3O4. The normalized spacial score (nSPS) is 11.3. The van der Waals surface area contributed by atoms with Gasteiger partial charge in [0, 0.05) is 10.9 Å². The Bertz CT molecular complexity index is 1610. The van der Waals surface area contributed by atoms with E-state index in [1.807, 2.05) is 12.1 Å². The Balaban J connectivity index is 1.49. The Hall–Kier alpha value is -4.98. The van der Waals surface area contributed by atoms with Gasteiger partial charge in [-0.1, -0.05) is 42.5 Å². The van der Waals surface area contributed by atoms with Crippen LogP contribution in [0.15, 0.2) is 95.2 Å². The second-order valence-electron chi connectivity index (χ2n) is 7.85. The van der Waals surface area contributed by atoms with Crippen molar-refractivity contribution in [3.05, 3.63) is 96.3 Å². The van der Waals surface area contributed by atoms with Gasteiger partial charge in [0.2, 0.25) is 5.88 Å². The van der Waals surface area contributed by atoms with E-state index >= 15 is 0 Å². The van der Waals surface area contributed by atoms with Crippen molar-refractivity contribution in [2.24, 2.45) is 10.2 Å². The maximum absolute atomic E-state index is 13.2. The number of carboxylic acid groups (broad SMARTS) is 1. The number of para-hydroxylation sites is 1. The molecule has 0 aliphatic carbocycles. The van der Waals surface area contributed by atoms with Gasteiger partial charge in [-0.3, -0.25) is 0 Å². The number of nitrogens with zero attached hydrogens (tertiary/aromatic N) is 2. The molecule has 4 aromatic carbocycles. The summed E-state index contributed by atoms with van der Waals surface area (Å²) in [5.74, 6) is -1.75. The molecule has 1 aromatic heterocycles. The van der Waals surface area contributed by atoms with Crippen LogP contribution in [0.2, 0.25) is 0 Å². The minimum Gasteiger partial charge on any atom is -0.505 e. The van der Waals surface area contributed by atoms with Crippen molar-refractivity contribution >= 4 is 28.2 Å². The van der Waals surface area contributed by atoms with Gasteiger partial charge in [0.15, 0.2) is 11.4 Å². The van der Waals surface area contributed by atoms with E-state index in [2.05, 4.69) is 15.2 Å². The van der Waals surface area contributed by atoms with E-state index in [0.717, 1.165) is 11.1 Å². The van der Waals surface area contributed by atoms with E-state index in [-0.39, 0.29) is 34.4 Å². The number of benzene rings is 4. The number of aromatic nitrogens is 1. The van der Waals surface area contributed by atoms with Crippen LogP contribution in [0, 0.1) is 5.82 Å². The van der Waals surface area contributed by atoms with Crippen molar-refractivity contribution in [3.63, 3.8) is 0 Å². The van der Waals surface area contributed by atoms with Crippen LogP contribution in [-0.2, 0) is 0 Å². The van der Waals surface area contributed by atoms with Gasteiger partial charge < -0.3 is 20.3 Å². The van der Waals surface area contributed by atoms with Gasteiger partial charge in [-0.2, -0.15) is 0 Å². The molecule has 0 saturated carbocycles. The summed E-state index contributed by atoms with van der Waals surface area (Å²) < 4.78 is 13.2. The lowest BCUT2D eigenvalue weighted by Gasteiger charge is -2.07. The Kier molecular flexibility index (Phi) is 5.46. The van der Waals surface area contributed by atoms with E-state index < -0.39 is 5.97 Å². The van der Waals surface area contributed by atoms with Gasteiger partial charge in [0.1, 0.15) is 11.5 Å². The topological polar surface area (TPSA) is 118 Å². The molecule has 4 N–H and O–H groups in total. The fourth-order valence-electron chi connectivity index (χ4n) is 3.86. The second-order valence-corrected chi connectivity index (χ2v) is 7.85. The predicted octanol–water partition coefficient (Wildman–Crippen LogP) is 7.17. The first-order chi connectivity index (χ1) is 16.9. The first-order valence-electron chi connectivity index (χ1n) is 10.6. The maximum atomic E-state index is 13.2. The molecule has 5 rings (SSSR count). The summed E-state index contributed by atoms with van der Waals surface area (Å²) in [7, 11) is 0. The number of azo groups is 1. The van der Waals surface area contributed by atoms with Crippen molar-refractivity contribution in [2.75, 3.05) is 0 Å². The second kappa shape index (κ2) is 8.75. The molecule has 0 unspecified atom stereocenters. The fourth-order valence-corrected chi connectivity index (χ4v) is 3.86. The van der Waals surface area contributed by atoms with Crippen LogP contribution in [0.5, 0.6) is 11.6 Å². The van der Waals surface area contributed by atoms with E-state index in [1.165, 1.54) is 24.3 Å². The molecule has 7 nitrogen and oxygen atoms in total.